The highest BCUT2D eigenvalue weighted by atomic mass is 35.7. The second-order valence-electron chi connectivity index (χ2n) is 7.53. The first-order valence-corrected chi connectivity index (χ1v) is 12.2. The van der Waals surface area contributed by atoms with E-state index in [1.165, 1.54) is 4.70 Å². The predicted octanol–water partition coefficient (Wildman–Crippen LogP) is 1.67. The third kappa shape index (κ3) is 4.38. The number of para-hydroxylation sites is 3. The van der Waals surface area contributed by atoms with Crippen molar-refractivity contribution in [1.29, 1.82) is 0 Å². The van der Waals surface area contributed by atoms with E-state index in [2.05, 4.69) is 72.0 Å². The molecular formula is C25H17ClN2O5S. The fourth-order valence-corrected chi connectivity index (χ4v) is 5.03. The zero-order valence-electron chi connectivity index (χ0n) is 17.8. The molecule has 0 radical (unpaired) electrons. The fraction of sp³-hybridized carbons (Fsp3) is 0.0400. The molecule has 0 saturated carbocycles. The van der Waals surface area contributed by atoms with E-state index >= 15 is 0 Å². The van der Waals surface area contributed by atoms with Gasteiger partial charge in [-0.3, -0.25) is 0 Å². The molecule has 0 aliphatic heterocycles. The minimum atomic E-state index is -4.94. The summed E-state index contributed by atoms with van der Waals surface area (Å²) in [7, 11) is -4.94. The van der Waals surface area contributed by atoms with Crippen molar-refractivity contribution in [2.75, 3.05) is 0 Å². The number of thiazole rings is 1. The van der Waals surface area contributed by atoms with Gasteiger partial charge in [-0.15, -0.1) is 26.0 Å². The van der Waals surface area contributed by atoms with Crippen LogP contribution in [0.1, 0.15) is 5.56 Å². The van der Waals surface area contributed by atoms with Gasteiger partial charge in [-0.2, -0.15) is 0 Å². The molecule has 170 valence electrons. The van der Waals surface area contributed by atoms with Crippen LogP contribution in [0.3, 0.4) is 0 Å². The molecule has 0 saturated heterocycles. The topological polar surface area (TPSA) is 122 Å². The maximum atomic E-state index is 8.49. The number of aromatic nitrogens is 2. The van der Waals surface area contributed by atoms with Crippen LogP contribution in [0, 0.1) is 17.2 Å². The molecule has 9 heteroatoms. The maximum absolute atomic E-state index is 8.49. The van der Waals surface area contributed by atoms with Crippen LogP contribution < -0.4 is 23.0 Å². The van der Waals surface area contributed by atoms with Crippen molar-refractivity contribution < 1.29 is 37.7 Å². The monoisotopic (exact) mass is 492 g/mol. The van der Waals surface area contributed by atoms with Gasteiger partial charge in [0.25, 0.3) is 5.52 Å². The third-order valence-electron chi connectivity index (χ3n) is 5.30. The van der Waals surface area contributed by atoms with E-state index in [0.717, 1.165) is 49.7 Å². The number of fused-ring (bicyclic) bond motifs is 4. The molecule has 0 bridgehead atoms. The Balaban J connectivity index is 0.000000439. The van der Waals surface area contributed by atoms with Crippen molar-refractivity contribution in [1.82, 2.24) is 4.98 Å². The van der Waals surface area contributed by atoms with E-state index in [0.29, 0.717) is 0 Å². The highest BCUT2D eigenvalue weighted by molar-refractivity contribution is 7.21. The van der Waals surface area contributed by atoms with Crippen LogP contribution in [0.5, 0.6) is 0 Å². The quantitative estimate of drug-likeness (QED) is 0.339. The highest BCUT2D eigenvalue weighted by Crippen LogP contribution is 2.36. The fourth-order valence-electron chi connectivity index (χ4n) is 3.96. The van der Waals surface area contributed by atoms with Crippen LogP contribution in [0.2, 0.25) is 0 Å². The number of hydrogen-bond donors (Lipinski definition) is 0. The Morgan fingerprint density at radius 1 is 0.853 bits per heavy atom. The molecule has 0 atom stereocenters. The number of halogens is 1. The van der Waals surface area contributed by atoms with Crippen molar-refractivity contribution >= 4 is 38.4 Å². The van der Waals surface area contributed by atoms with E-state index in [1.807, 2.05) is 24.3 Å². The van der Waals surface area contributed by atoms with E-state index in [9.17, 15) is 0 Å². The lowest BCUT2D eigenvalue weighted by atomic mass is 10.1. The lowest BCUT2D eigenvalue weighted by molar-refractivity contribution is -2.00. The van der Waals surface area contributed by atoms with Gasteiger partial charge >= 0.3 is 5.71 Å². The van der Waals surface area contributed by atoms with Gasteiger partial charge in [-0.25, -0.2) is 23.6 Å². The van der Waals surface area contributed by atoms with Gasteiger partial charge in [-0.1, -0.05) is 42.5 Å². The molecule has 0 aliphatic rings. The van der Waals surface area contributed by atoms with Crippen LogP contribution in [0.25, 0.3) is 48.9 Å². The standard InChI is InChI=1S/C25H17N2OS.ClHO4/c1-16-15-20(17-9-3-2-4-10-17)27-19-12-6-7-13-21(19)28-25(27)23(16)24-26-18-11-5-8-14-22(18)29-24;2-1(3,4)5/h2-15H,1H3;(H,2,3,4,5)/q+1;/p-1. The molecule has 6 aromatic rings. The summed E-state index contributed by atoms with van der Waals surface area (Å²) < 4.78 is 43.8. The van der Waals surface area contributed by atoms with E-state index in [-0.39, 0.29) is 0 Å². The summed E-state index contributed by atoms with van der Waals surface area (Å²) in [4.78, 5) is 4.91. The Labute approximate surface area is 200 Å². The molecule has 0 unspecified atom stereocenters. The second-order valence-corrected chi connectivity index (χ2v) is 9.32. The summed E-state index contributed by atoms with van der Waals surface area (Å²) in [6, 6.07) is 29.2. The van der Waals surface area contributed by atoms with Gasteiger partial charge in [0.1, 0.15) is 10.6 Å². The predicted molar refractivity (Wildman–Crippen MR) is 118 cm³/mol. The second kappa shape index (κ2) is 8.77. The summed E-state index contributed by atoms with van der Waals surface area (Å²) in [5.41, 5.74) is 8.28. The first kappa shape index (κ1) is 22.4. The molecule has 7 nitrogen and oxygen atoms in total. The number of nitrogens with zero attached hydrogens (tertiary/aromatic N) is 2. The average molecular weight is 493 g/mol. The van der Waals surface area contributed by atoms with Crippen LogP contribution in [-0.4, -0.2) is 4.98 Å². The third-order valence-corrected chi connectivity index (χ3v) is 6.35. The van der Waals surface area contributed by atoms with Crippen molar-refractivity contribution in [3.63, 3.8) is 0 Å². The SMILES string of the molecule is Cc1cc(-c2ccccc2)[n+]2c(oc3ccccc32)c1-c1nc2ccccc2s1.[O-][Cl+3]([O-])([O-])[O-]. The van der Waals surface area contributed by atoms with Gasteiger partial charge in [-0.05, 0) is 42.8 Å². The number of rotatable bonds is 2. The number of benzene rings is 3. The van der Waals surface area contributed by atoms with Gasteiger partial charge in [0.2, 0.25) is 11.3 Å². The number of aryl methyl sites for hydroxylation is 1. The molecule has 3 heterocycles. The van der Waals surface area contributed by atoms with Gasteiger partial charge < -0.3 is 4.42 Å². The van der Waals surface area contributed by atoms with Crippen molar-refractivity contribution in [3.05, 3.63) is 90.5 Å². The van der Waals surface area contributed by atoms with Gasteiger partial charge in [0.05, 0.1) is 10.2 Å². The Kier molecular flexibility index (Phi) is 5.78. The minimum absolute atomic E-state index is 0.837. The number of pyridine rings is 1. The van der Waals surface area contributed by atoms with E-state index in [4.69, 9.17) is 28.0 Å². The normalized spacial score (nSPS) is 11.7. The summed E-state index contributed by atoms with van der Waals surface area (Å²) in [6.45, 7) is 2.14. The highest BCUT2D eigenvalue weighted by Gasteiger charge is 2.28. The van der Waals surface area contributed by atoms with Crippen LogP contribution in [0.4, 0.5) is 0 Å². The summed E-state index contributed by atoms with van der Waals surface area (Å²) >= 11 is 1.71. The van der Waals surface area contributed by atoms with E-state index in [1.54, 1.807) is 11.3 Å². The van der Waals surface area contributed by atoms with Crippen LogP contribution >= 0.6 is 11.3 Å². The summed E-state index contributed by atoms with van der Waals surface area (Å²) in [5.74, 6) is 0. The zero-order chi connectivity index (χ0) is 23.9. The van der Waals surface area contributed by atoms with Gasteiger partial charge in [0.15, 0.2) is 0 Å². The molecule has 0 spiro atoms. The zero-order valence-corrected chi connectivity index (χ0v) is 19.4. The average Bonchev–Trinajstić information content (AvgIpc) is 3.39. The number of oxazole rings is 1. The van der Waals surface area contributed by atoms with Crippen LogP contribution in [-0.2, 0) is 0 Å². The maximum Gasteiger partial charge on any atom is 0.391 e. The Morgan fingerprint density at radius 2 is 1.50 bits per heavy atom. The van der Waals surface area contributed by atoms with Gasteiger partial charge in [0, 0.05) is 17.7 Å². The molecule has 0 aliphatic carbocycles. The van der Waals surface area contributed by atoms with Crippen molar-refractivity contribution in [3.8, 4) is 21.8 Å². The molecule has 3 aromatic carbocycles. The van der Waals surface area contributed by atoms with Crippen molar-refractivity contribution in [2.24, 2.45) is 0 Å². The molecule has 34 heavy (non-hydrogen) atoms. The largest absolute Gasteiger partial charge is 0.397 e. The van der Waals surface area contributed by atoms with Crippen LogP contribution in [0.15, 0.2) is 89.3 Å². The minimum Gasteiger partial charge on any atom is -0.397 e. The summed E-state index contributed by atoms with van der Waals surface area (Å²) in [6.07, 6.45) is 0. The Morgan fingerprint density at radius 3 is 2.24 bits per heavy atom. The van der Waals surface area contributed by atoms with E-state index < -0.39 is 10.2 Å². The lowest BCUT2D eigenvalue weighted by Gasteiger charge is -2.17. The first-order valence-electron chi connectivity index (χ1n) is 10.2. The lowest BCUT2D eigenvalue weighted by Crippen LogP contribution is -2.68. The molecule has 0 N–H and O–H groups in total. The molecule has 3 aromatic heterocycles. The van der Waals surface area contributed by atoms with Crippen molar-refractivity contribution in [2.45, 2.75) is 6.92 Å². The Hall–Kier alpha value is -3.37. The first-order chi connectivity index (χ1) is 16.3. The molecule has 0 fully saturated rings. The number of hydrogen-bond acceptors (Lipinski definition) is 7. The molecule has 0 amide bonds. The smallest absolute Gasteiger partial charge is 0.391 e. The summed E-state index contributed by atoms with van der Waals surface area (Å²) in [5, 5.41) is 0.986. The Bertz CT molecular complexity index is 1580. The molecule has 6 rings (SSSR count). The molecular weight excluding hydrogens is 476 g/mol.